The number of benzene rings is 2. The van der Waals surface area contributed by atoms with Crippen molar-refractivity contribution in [3.63, 3.8) is 0 Å². The summed E-state index contributed by atoms with van der Waals surface area (Å²) in [5, 5.41) is 39.6. The minimum Gasteiger partial charge on any atom is -0.494 e. The first-order valence-electron chi connectivity index (χ1n) is 22.3. The summed E-state index contributed by atoms with van der Waals surface area (Å²) in [6, 6.07) is 9.92. The van der Waals surface area contributed by atoms with Gasteiger partial charge < -0.3 is 61.4 Å². The molecule has 0 spiro atoms. The Balaban J connectivity index is 1.06. The molecule has 2 aromatic carbocycles. The number of carbonyl (C=O) groups is 6. The summed E-state index contributed by atoms with van der Waals surface area (Å²) in [7, 11) is 0. The predicted octanol–water partition coefficient (Wildman–Crippen LogP) is 3.21. The van der Waals surface area contributed by atoms with Crippen LogP contribution in [0.4, 0.5) is 20.6 Å². The molecule has 1 aliphatic heterocycles. The maximum Gasteiger partial charge on any atom is 0.410 e. The smallest absolute Gasteiger partial charge is 0.410 e. The summed E-state index contributed by atoms with van der Waals surface area (Å²) in [6.07, 6.45) is 3.25. The number of fused-ring (bicyclic) bond motifs is 1. The molecule has 0 radical (unpaired) electrons. The van der Waals surface area contributed by atoms with Gasteiger partial charge in [0.05, 0.1) is 17.7 Å². The highest BCUT2D eigenvalue weighted by molar-refractivity contribution is 5.99. The Kier molecular flexibility index (Phi) is 18.1. The molecule has 1 saturated heterocycles. The minimum absolute atomic E-state index is 0.0329. The summed E-state index contributed by atoms with van der Waals surface area (Å²) in [5.41, 5.74) is 6.18. The molecule has 21 heteroatoms. The van der Waals surface area contributed by atoms with Gasteiger partial charge in [0, 0.05) is 75.1 Å². The molecule has 0 aliphatic carbocycles. The van der Waals surface area contributed by atoms with E-state index in [9.17, 15) is 48.9 Å². The monoisotopic (exact) mass is 933 g/mol. The van der Waals surface area contributed by atoms with Crippen LogP contribution in [0, 0.1) is 11.7 Å². The van der Waals surface area contributed by atoms with Gasteiger partial charge in [-0.2, -0.15) is 0 Å². The zero-order chi connectivity index (χ0) is 48.8. The highest BCUT2D eigenvalue weighted by Crippen LogP contribution is 2.27. The maximum absolute atomic E-state index is 15.3. The number of aromatic nitrogens is 2. The van der Waals surface area contributed by atoms with E-state index in [1.165, 1.54) is 33.9 Å². The fourth-order valence-corrected chi connectivity index (χ4v) is 7.62. The number of aromatic carboxylic acids is 1. The molecular weight excluding hydrogens is 874 g/mol. The van der Waals surface area contributed by atoms with Gasteiger partial charge in [-0.1, -0.05) is 32.4 Å². The average molecular weight is 934 g/mol. The van der Waals surface area contributed by atoms with Crippen LogP contribution in [-0.2, 0) is 43.6 Å². The fraction of sp³-hybridized carbons (Fsp3) is 0.457. The number of pyridine rings is 1. The number of nitrogens with two attached hydrogens (primary N) is 1. The number of hydrogen-bond acceptors (Lipinski definition) is 12. The SMILES string of the molecule is CCn1cc(C(=O)O)c(=O)c2cc(F)c(N3CCN(C(=O)OCc4ccc(NC(=O)C(CCCN)NC(=O)C(NC(=O)CNC(=O)CCCCCn5c(O)ccc5O)C(C)C)cc4)CC3)cc21. The lowest BCUT2D eigenvalue weighted by atomic mass is 10.0. The van der Waals surface area contributed by atoms with E-state index in [2.05, 4.69) is 21.3 Å². The molecule has 0 saturated carbocycles. The van der Waals surface area contributed by atoms with Gasteiger partial charge in [0.2, 0.25) is 29.1 Å². The Labute approximate surface area is 386 Å². The standard InChI is InChI=1S/C46H60FN9O11/c1-4-53-26-32(45(64)65)42(61)31-23-33(47)36(24-35(31)53)54-19-21-55(22-20-54)46(66)67-27-29-11-13-30(14-12-29)50-43(62)34(9-8-17-48)51-44(63)41(28(2)3)52-38(58)25-49-37(57)10-6-5-7-18-56-39(59)15-16-40(56)60/h11-16,23-24,26,28,34,41,59-60H,4-10,17-22,25,27,48H2,1-3H3,(H,49,57)(H,50,62)(H,51,63)(H,52,58)(H,64,65). The van der Waals surface area contributed by atoms with Gasteiger partial charge >= 0.3 is 12.1 Å². The van der Waals surface area contributed by atoms with Crippen LogP contribution in [0.15, 0.2) is 59.5 Å². The number of amides is 5. The van der Waals surface area contributed by atoms with E-state index >= 15 is 4.39 Å². The molecule has 9 N–H and O–H groups in total. The molecule has 2 atom stereocenters. The van der Waals surface area contributed by atoms with Crippen LogP contribution < -0.4 is 37.3 Å². The number of anilines is 2. The number of nitrogens with zero attached hydrogens (tertiary/aromatic N) is 4. The second-order valence-corrected chi connectivity index (χ2v) is 16.6. The van der Waals surface area contributed by atoms with Crippen molar-refractivity contribution in [1.29, 1.82) is 0 Å². The minimum atomic E-state index is -1.39. The van der Waals surface area contributed by atoms with Crippen molar-refractivity contribution in [1.82, 2.24) is 30.0 Å². The number of hydrogen-bond donors (Lipinski definition) is 8. The van der Waals surface area contributed by atoms with E-state index in [0.717, 1.165) is 6.07 Å². The number of aryl methyl sites for hydroxylation is 1. The van der Waals surface area contributed by atoms with Gasteiger partial charge in [-0.25, -0.2) is 14.0 Å². The zero-order valence-corrected chi connectivity index (χ0v) is 37.9. The summed E-state index contributed by atoms with van der Waals surface area (Å²) in [6.45, 7) is 6.82. The predicted molar refractivity (Wildman–Crippen MR) is 246 cm³/mol. The number of rotatable bonds is 22. The van der Waals surface area contributed by atoms with E-state index in [-0.39, 0.29) is 93.4 Å². The number of ether oxygens (including phenoxy) is 1. The highest BCUT2D eigenvalue weighted by atomic mass is 19.1. The van der Waals surface area contributed by atoms with E-state index in [4.69, 9.17) is 10.5 Å². The Hall–Kier alpha value is -7.16. The topological polar surface area (TPSA) is 280 Å². The Morgan fingerprint density at radius 2 is 1.55 bits per heavy atom. The second-order valence-electron chi connectivity index (χ2n) is 16.6. The maximum atomic E-state index is 15.3. The number of carboxylic acid groups (broad SMARTS) is 1. The lowest BCUT2D eigenvalue weighted by Gasteiger charge is -2.35. The van der Waals surface area contributed by atoms with Crippen molar-refractivity contribution in [3.05, 3.63) is 81.9 Å². The number of piperazine rings is 1. The first-order valence-corrected chi connectivity index (χ1v) is 22.3. The van der Waals surface area contributed by atoms with E-state index < -0.39 is 58.7 Å². The van der Waals surface area contributed by atoms with Crippen molar-refractivity contribution in [2.75, 3.05) is 49.5 Å². The average Bonchev–Trinajstić information content (AvgIpc) is 3.63. The number of halogens is 1. The fourth-order valence-electron chi connectivity index (χ4n) is 7.62. The normalized spacial score (nSPS) is 13.5. The largest absolute Gasteiger partial charge is 0.494 e. The van der Waals surface area contributed by atoms with Crippen molar-refractivity contribution in [2.45, 2.75) is 91.1 Å². The summed E-state index contributed by atoms with van der Waals surface area (Å²) in [5.74, 6) is -4.57. The zero-order valence-electron chi connectivity index (χ0n) is 37.9. The van der Waals surface area contributed by atoms with E-state index in [1.807, 2.05) is 0 Å². The van der Waals surface area contributed by atoms with Gasteiger partial charge in [-0.3, -0.25) is 28.5 Å². The number of nitrogens with one attached hydrogen (secondary N) is 4. The quantitative estimate of drug-likeness (QED) is 0.0527. The van der Waals surface area contributed by atoms with Gasteiger partial charge in [0.25, 0.3) is 0 Å². The third kappa shape index (κ3) is 13.7. The van der Waals surface area contributed by atoms with Crippen molar-refractivity contribution in [2.24, 2.45) is 11.7 Å². The molecule has 0 bridgehead atoms. The third-order valence-electron chi connectivity index (χ3n) is 11.4. The number of carboxylic acids is 1. The van der Waals surface area contributed by atoms with Crippen molar-refractivity contribution >= 4 is 58.0 Å². The van der Waals surface area contributed by atoms with Gasteiger partial charge in [-0.15, -0.1) is 0 Å². The van der Waals surface area contributed by atoms with Crippen LogP contribution in [0.1, 0.15) is 75.2 Å². The van der Waals surface area contributed by atoms with Crippen LogP contribution in [0.3, 0.4) is 0 Å². The van der Waals surface area contributed by atoms with E-state index in [1.54, 1.807) is 54.5 Å². The van der Waals surface area contributed by atoms with Gasteiger partial charge in [0.15, 0.2) is 11.8 Å². The van der Waals surface area contributed by atoms with Crippen LogP contribution >= 0.6 is 0 Å². The lowest BCUT2D eigenvalue weighted by molar-refractivity contribution is -0.132. The Morgan fingerprint density at radius 1 is 0.866 bits per heavy atom. The summed E-state index contributed by atoms with van der Waals surface area (Å²) < 4.78 is 23.8. The Morgan fingerprint density at radius 3 is 2.18 bits per heavy atom. The first kappa shape index (κ1) is 50.8. The van der Waals surface area contributed by atoms with E-state index in [0.29, 0.717) is 55.5 Å². The molecule has 4 aromatic rings. The summed E-state index contributed by atoms with van der Waals surface area (Å²) >= 11 is 0. The van der Waals surface area contributed by atoms with Crippen LogP contribution in [0.2, 0.25) is 0 Å². The molecule has 5 amide bonds. The highest BCUT2D eigenvalue weighted by Gasteiger charge is 2.30. The molecule has 1 fully saturated rings. The van der Waals surface area contributed by atoms with Gasteiger partial charge in [0.1, 0.15) is 30.1 Å². The molecular formula is C46H60FN9O11. The molecule has 1 aliphatic rings. The molecule has 67 heavy (non-hydrogen) atoms. The van der Waals surface area contributed by atoms with Crippen LogP contribution in [0.5, 0.6) is 11.8 Å². The lowest BCUT2D eigenvalue weighted by Crippen LogP contribution is -2.55. The molecule has 362 valence electrons. The molecule has 2 unspecified atom stereocenters. The number of carbonyl (C=O) groups excluding carboxylic acids is 5. The van der Waals surface area contributed by atoms with Crippen molar-refractivity contribution in [3.8, 4) is 11.8 Å². The number of aromatic hydroxyl groups is 2. The molecule has 5 rings (SSSR count). The number of unbranched alkanes of at least 4 members (excludes halogenated alkanes) is 2. The van der Waals surface area contributed by atoms with Crippen molar-refractivity contribution < 1.29 is 53.2 Å². The molecule has 2 aromatic heterocycles. The molecule has 3 heterocycles. The summed E-state index contributed by atoms with van der Waals surface area (Å²) in [4.78, 5) is 92.7. The third-order valence-corrected chi connectivity index (χ3v) is 11.4. The van der Waals surface area contributed by atoms with Gasteiger partial charge in [-0.05, 0) is 74.9 Å². The van der Waals surface area contributed by atoms with Crippen LogP contribution in [0.25, 0.3) is 10.9 Å². The second kappa shape index (κ2) is 23.9. The Bertz CT molecular complexity index is 2450. The van der Waals surface area contributed by atoms with Crippen LogP contribution in [-0.4, -0.2) is 116 Å². The first-order chi connectivity index (χ1) is 32.0. The molecule has 20 nitrogen and oxygen atoms in total.